The molecular weight excluding hydrogens is 212 g/mol. The molecule has 0 atom stereocenters. The van der Waals surface area contributed by atoms with Crippen molar-refractivity contribution in [1.29, 1.82) is 0 Å². The number of aryl methyl sites for hydroxylation is 1. The topological polar surface area (TPSA) is 46.5 Å². The van der Waals surface area contributed by atoms with Crippen LogP contribution in [0.3, 0.4) is 0 Å². The van der Waals surface area contributed by atoms with Crippen LogP contribution in [0.25, 0.3) is 0 Å². The number of carbonyl (C=O) groups is 1. The molecule has 0 aromatic carbocycles. The Morgan fingerprint density at radius 2 is 2.27 bits per heavy atom. The Morgan fingerprint density at radius 1 is 1.60 bits per heavy atom. The van der Waals surface area contributed by atoms with E-state index in [2.05, 4.69) is 0 Å². The molecular formula is C11H14O3S. The van der Waals surface area contributed by atoms with E-state index in [1.54, 1.807) is 6.07 Å². The Hall–Kier alpha value is -1.29. The molecule has 1 N–H and O–H groups in total. The summed E-state index contributed by atoms with van der Waals surface area (Å²) in [6.45, 7) is 6.23. The Bertz CT molecular complexity index is 387. The molecule has 1 aromatic rings. The van der Waals surface area contributed by atoms with Crippen LogP contribution in [0.1, 0.15) is 28.4 Å². The maximum Gasteiger partial charge on any atom is 0.349 e. The summed E-state index contributed by atoms with van der Waals surface area (Å²) in [5.74, 6) is -0.470. The summed E-state index contributed by atoms with van der Waals surface area (Å²) in [6.07, 6.45) is 1.92. The van der Waals surface area contributed by atoms with Crippen LogP contribution in [0.15, 0.2) is 17.7 Å². The second-order valence-corrected chi connectivity index (χ2v) is 4.70. The molecule has 0 aliphatic heterocycles. The van der Waals surface area contributed by atoms with Crippen molar-refractivity contribution in [2.75, 3.05) is 6.61 Å². The summed E-state index contributed by atoms with van der Waals surface area (Å²) < 4.78 is 5.38. The van der Waals surface area contributed by atoms with Gasteiger partial charge in [-0.05, 0) is 32.9 Å². The van der Waals surface area contributed by atoms with E-state index >= 15 is 0 Å². The van der Waals surface area contributed by atoms with Gasteiger partial charge in [0.1, 0.15) is 12.4 Å². The van der Waals surface area contributed by atoms with Crippen molar-refractivity contribution in [1.82, 2.24) is 0 Å². The molecule has 3 nitrogen and oxygen atoms in total. The molecule has 0 radical (unpaired) electrons. The van der Waals surface area contributed by atoms with Gasteiger partial charge < -0.3 is 9.84 Å². The number of hydrogen-bond acceptors (Lipinski definition) is 3. The second kappa shape index (κ2) is 4.98. The predicted molar refractivity (Wildman–Crippen MR) is 60.9 cm³/mol. The first kappa shape index (κ1) is 11.8. The minimum Gasteiger partial charge on any atom is -0.488 e. The number of hydrogen-bond donors (Lipinski definition) is 1. The Balaban J connectivity index is 2.76. The fraction of sp³-hybridized carbons (Fsp3) is 0.364. The first-order chi connectivity index (χ1) is 7.00. The van der Waals surface area contributed by atoms with Gasteiger partial charge in [-0.1, -0.05) is 5.57 Å². The Morgan fingerprint density at radius 3 is 2.80 bits per heavy atom. The number of allylic oxidation sites excluding steroid dienone is 1. The molecule has 0 spiro atoms. The van der Waals surface area contributed by atoms with Crippen LogP contribution in [0.4, 0.5) is 0 Å². The van der Waals surface area contributed by atoms with Gasteiger partial charge in [0.25, 0.3) is 0 Å². The highest BCUT2D eigenvalue weighted by Crippen LogP contribution is 2.28. The Kier molecular flexibility index (Phi) is 3.91. The van der Waals surface area contributed by atoms with Crippen LogP contribution < -0.4 is 4.74 Å². The third-order valence-corrected chi connectivity index (χ3v) is 2.77. The highest BCUT2D eigenvalue weighted by atomic mass is 32.1. The van der Waals surface area contributed by atoms with E-state index in [1.807, 2.05) is 26.8 Å². The first-order valence-corrected chi connectivity index (χ1v) is 5.42. The minimum absolute atomic E-state index is 0.273. The van der Waals surface area contributed by atoms with Gasteiger partial charge in [0, 0.05) is 4.88 Å². The van der Waals surface area contributed by atoms with E-state index in [0.717, 1.165) is 10.5 Å². The van der Waals surface area contributed by atoms with E-state index in [1.165, 1.54) is 11.3 Å². The van der Waals surface area contributed by atoms with Gasteiger partial charge in [-0.3, -0.25) is 0 Å². The summed E-state index contributed by atoms with van der Waals surface area (Å²) in [5, 5.41) is 8.90. The highest BCUT2D eigenvalue weighted by Gasteiger charge is 2.14. The van der Waals surface area contributed by atoms with Gasteiger partial charge in [-0.25, -0.2) is 4.79 Å². The van der Waals surface area contributed by atoms with Crippen LogP contribution >= 0.6 is 11.3 Å². The maximum absolute atomic E-state index is 10.8. The summed E-state index contributed by atoms with van der Waals surface area (Å²) in [7, 11) is 0. The van der Waals surface area contributed by atoms with Crippen molar-refractivity contribution < 1.29 is 14.6 Å². The van der Waals surface area contributed by atoms with Gasteiger partial charge in [-0.15, -0.1) is 11.3 Å². The zero-order valence-electron chi connectivity index (χ0n) is 9.03. The zero-order chi connectivity index (χ0) is 11.4. The van der Waals surface area contributed by atoms with Crippen molar-refractivity contribution in [3.63, 3.8) is 0 Å². The monoisotopic (exact) mass is 226 g/mol. The lowest BCUT2D eigenvalue weighted by atomic mass is 10.3. The summed E-state index contributed by atoms with van der Waals surface area (Å²) in [6, 6.07) is 1.76. The number of rotatable bonds is 4. The van der Waals surface area contributed by atoms with Crippen molar-refractivity contribution in [3.8, 4) is 5.75 Å². The molecule has 0 amide bonds. The van der Waals surface area contributed by atoms with Crippen molar-refractivity contribution in [3.05, 3.63) is 27.5 Å². The number of carboxylic acid groups (broad SMARTS) is 1. The zero-order valence-corrected chi connectivity index (χ0v) is 9.85. The summed E-state index contributed by atoms with van der Waals surface area (Å²) in [4.78, 5) is 12.1. The van der Waals surface area contributed by atoms with E-state index in [-0.39, 0.29) is 4.88 Å². The fourth-order valence-electron chi connectivity index (χ4n) is 1.05. The van der Waals surface area contributed by atoms with Crippen molar-refractivity contribution in [2.45, 2.75) is 20.8 Å². The average Bonchev–Trinajstić information content (AvgIpc) is 2.46. The molecule has 0 aliphatic carbocycles. The number of thiophene rings is 1. The van der Waals surface area contributed by atoms with Crippen LogP contribution in [-0.2, 0) is 0 Å². The third-order valence-electron chi connectivity index (χ3n) is 1.75. The first-order valence-electron chi connectivity index (χ1n) is 4.60. The molecule has 0 aliphatic rings. The van der Waals surface area contributed by atoms with Gasteiger partial charge in [0.2, 0.25) is 0 Å². The maximum atomic E-state index is 10.8. The molecule has 1 aromatic heterocycles. The van der Waals surface area contributed by atoms with Crippen molar-refractivity contribution >= 4 is 17.3 Å². The molecule has 1 rings (SSSR count). The normalized spacial score (nSPS) is 9.80. The van der Waals surface area contributed by atoms with Gasteiger partial charge in [-0.2, -0.15) is 0 Å². The molecule has 15 heavy (non-hydrogen) atoms. The van der Waals surface area contributed by atoms with E-state index in [9.17, 15) is 4.79 Å². The lowest BCUT2D eigenvalue weighted by Crippen LogP contribution is -1.99. The number of carboxylic acids is 1. The summed E-state index contributed by atoms with van der Waals surface area (Å²) in [5.41, 5.74) is 1.15. The smallest absolute Gasteiger partial charge is 0.349 e. The second-order valence-electron chi connectivity index (χ2n) is 3.45. The third kappa shape index (κ3) is 3.40. The lowest BCUT2D eigenvalue weighted by molar-refractivity contribution is 0.0698. The molecule has 1 heterocycles. The SMILES string of the molecule is CC(C)=CCOc1cc(C)sc1C(=O)O. The van der Waals surface area contributed by atoms with Gasteiger partial charge in [0.05, 0.1) is 0 Å². The fourth-order valence-corrected chi connectivity index (χ4v) is 1.84. The molecule has 4 heteroatoms. The largest absolute Gasteiger partial charge is 0.488 e. The quantitative estimate of drug-likeness (QED) is 0.802. The Labute approximate surface area is 93.0 Å². The van der Waals surface area contributed by atoms with E-state index in [0.29, 0.717) is 12.4 Å². The van der Waals surface area contributed by atoms with Gasteiger partial charge >= 0.3 is 5.97 Å². The lowest BCUT2D eigenvalue weighted by Gasteiger charge is -2.01. The molecule has 0 fully saturated rings. The van der Waals surface area contributed by atoms with Crippen LogP contribution in [0.5, 0.6) is 5.75 Å². The highest BCUT2D eigenvalue weighted by molar-refractivity contribution is 7.14. The van der Waals surface area contributed by atoms with Gasteiger partial charge in [0.15, 0.2) is 4.88 Å². The van der Waals surface area contributed by atoms with Crippen LogP contribution in [0, 0.1) is 6.92 Å². The molecule has 82 valence electrons. The van der Waals surface area contributed by atoms with Crippen LogP contribution in [0.2, 0.25) is 0 Å². The predicted octanol–water partition coefficient (Wildman–Crippen LogP) is 3.10. The molecule has 0 unspecified atom stereocenters. The van der Waals surface area contributed by atoms with Crippen molar-refractivity contribution in [2.24, 2.45) is 0 Å². The number of aromatic carboxylic acids is 1. The number of ether oxygens (including phenoxy) is 1. The molecule has 0 bridgehead atoms. The van der Waals surface area contributed by atoms with Crippen LogP contribution in [-0.4, -0.2) is 17.7 Å². The van der Waals surface area contributed by atoms with E-state index in [4.69, 9.17) is 9.84 Å². The molecule has 0 saturated heterocycles. The average molecular weight is 226 g/mol. The minimum atomic E-state index is -0.930. The molecule has 0 saturated carbocycles. The standard InChI is InChI=1S/C11H14O3S/c1-7(2)4-5-14-9-6-8(3)15-10(9)11(12)13/h4,6H,5H2,1-3H3,(H,12,13). The summed E-state index contributed by atoms with van der Waals surface area (Å²) >= 11 is 1.24. The van der Waals surface area contributed by atoms with E-state index < -0.39 is 5.97 Å².